The topological polar surface area (TPSA) is 153 Å². The highest BCUT2D eigenvalue weighted by molar-refractivity contribution is 7.56. The number of carbonyl (C=O) groups excluding carboxylic acids is 1. The van der Waals surface area contributed by atoms with E-state index < -0.39 is 19.5 Å². The van der Waals surface area contributed by atoms with Crippen molar-refractivity contribution < 1.29 is 28.1 Å². The van der Waals surface area contributed by atoms with E-state index in [4.69, 9.17) is 24.5 Å². The van der Waals surface area contributed by atoms with Crippen molar-refractivity contribution in [3.8, 4) is 5.88 Å². The van der Waals surface area contributed by atoms with Crippen molar-refractivity contribution in [2.24, 2.45) is 5.92 Å². The van der Waals surface area contributed by atoms with Crippen molar-refractivity contribution in [3.63, 3.8) is 0 Å². The lowest BCUT2D eigenvalue weighted by Crippen LogP contribution is -2.34. The number of nitrogens with one attached hydrogen (secondary N) is 1. The molecular formula is C23H37N6O6P. The number of imidazole rings is 1. The monoisotopic (exact) mass is 524 g/mol. The van der Waals surface area contributed by atoms with Crippen LogP contribution >= 0.6 is 7.52 Å². The van der Waals surface area contributed by atoms with Crippen LogP contribution in [0.3, 0.4) is 0 Å². The second-order valence-electron chi connectivity index (χ2n) is 9.70. The number of nitrogens with zero attached hydrogens (tertiary/aromatic N) is 4. The smallest absolute Gasteiger partial charge is 0.323 e. The molecule has 200 valence electrons. The quantitative estimate of drug-likeness (QED) is 0.385. The number of aromatic nitrogens is 4. The summed E-state index contributed by atoms with van der Waals surface area (Å²) in [7, 11) is -3.26. The average molecular weight is 525 g/mol. The maximum Gasteiger partial charge on any atom is 0.323 e. The Balaban J connectivity index is 1.51. The van der Waals surface area contributed by atoms with Crippen LogP contribution in [0.4, 0.5) is 5.95 Å². The highest BCUT2D eigenvalue weighted by atomic mass is 31.2. The fourth-order valence-corrected chi connectivity index (χ4v) is 5.94. The van der Waals surface area contributed by atoms with Gasteiger partial charge in [0.25, 0.3) is 7.52 Å². The number of nitrogens with two attached hydrogens (primary N) is 1. The minimum atomic E-state index is -3.26. The van der Waals surface area contributed by atoms with Gasteiger partial charge in [-0.3, -0.25) is 13.9 Å². The molecule has 0 spiro atoms. The molecule has 1 fully saturated rings. The van der Waals surface area contributed by atoms with Gasteiger partial charge in [0.05, 0.1) is 32.3 Å². The van der Waals surface area contributed by atoms with Crippen molar-refractivity contribution in [1.29, 1.82) is 0 Å². The first kappa shape index (κ1) is 26.8. The number of hydrogen-bond donors (Lipinski definition) is 2. The van der Waals surface area contributed by atoms with Gasteiger partial charge in [-0.2, -0.15) is 9.97 Å². The Morgan fingerprint density at radius 3 is 2.53 bits per heavy atom. The number of rotatable bonds is 0. The third-order valence-electron chi connectivity index (χ3n) is 6.44. The Morgan fingerprint density at radius 2 is 1.78 bits per heavy atom. The summed E-state index contributed by atoms with van der Waals surface area (Å²) in [5, 5.41) is 2.79. The van der Waals surface area contributed by atoms with Crippen molar-refractivity contribution in [3.05, 3.63) is 6.33 Å². The van der Waals surface area contributed by atoms with E-state index in [-0.39, 0.29) is 30.8 Å². The van der Waals surface area contributed by atoms with Crippen LogP contribution in [0.25, 0.3) is 11.2 Å². The Bertz CT molecular complexity index is 1100. The SMILES string of the molecule is C[C@@H]1NP(C)(=O)OCC2C[C@H](C)C(O2)n2cnc3c(nc(N)nc32)OCCCCCCCCOC1=O. The lowest BCUT2D eigenvalue weighted by molar-refractivity contribution is -0.145. The summed E-state index contributed by atoms with van der Waals surface area (Å²) in [4.78, 5) is 25.4. The lowest BCUT2D eigenvalue weighted by atomic mass is 10.1. The summed E-state index contributed by atoms with van der Waals surface area (Å²) >= 11 is 0. The van der Waals surface area contributed by atoms with Gasteiger partial charge in [0.1, 0.15) is 12.3 Å². The van der Waals surface area contributed by atoms with Crippen LogP contribution in [0.2, 0.25) is 0 Å². The number of ether oxygens (including phenoxy) is 3. The molecule has 2 aliphatic heterocycles. The van der Waals surface area contributed by atoms with Crippen LogP contribution in [0, 0.1) is 5.92 Å². The Kier molecular flexibility index (Phi) is 8.82. The van der Waals surface area contributed by atoms with Gasteiger partial charge in [-0.15, -0.1) is 0 Å². The molecule has 0 amide bonds. The number of esters is 1. The van der Waals surface area contributed by atoms with Crippen LogP contribution in [-0.2, 0) is 23.4 Å². The van der Waals surface area contributed by atoms with E-state index >= 15 is 0 Å². The van der Waals surface area contributed by atoms with Crippen LogP contribution < -0.4 is 15.6 Å². The van der Waals surface area contributed by atoms with E-state index in [1.807, 2.05) is 4.57 Å². The fraction of sp³-hybridized carbons (Fsp3) is 0.739. The maximum absolute atomic E-state index is 13.0. The van der Waals surface area contributed by atoms with Gasteiger partial charge in [0, 0.05) is 12.6 Å². The molecule has 3 N–H and O–H groups in total. The standard InChI is InChI=1S/C23H37N6O6P/c1-15-12-17-13-34-36(3,31)28-16(2)22(30)33-11-9-7-5-4-6-8-10-32-20-18-19(26-23(24)27-20)29(14-25-18)21(15)35-17/h14-17,21H,4-13H2,1-3H3,(H,28,31)(H2,24,26,27)/t15-,16-,17?,21?,36?/m0/s1. The van der Waals surface area contributed by atoms with Gasteiger partial charge in [-0.1, -0.05) is 32.6 Å². The van der Waals surface area contributed by atoms with Gasteiger partial charge in [-0.05, 0) is 26.2 Å². The summed E-state index contributed by atoms with van der Waals surface area (Å²) in [5.74, 6) is 0.154. The summed E-state index contributed by atoms with van der Waals surface area (Å²) < 4.78 is 38.0. The molecule has 1 saturated heterocycles. The van der Waals surface area contributed by atoms with E-state index in [1.54, 1.807) is 13.3 Å². The summed E-state index contributed by atoms with van der Waals surface area (Å²) in [6, 6.07) is -0.740. The molecule has 12 nitrogen and oxygen atoms in total. The number of carbonyl (C=O) groups is 1. The van der Waals surface area contributed by atoms with Crippen LogP contribution in [0.5, 0.6) is 5.88 Å². The highest BCUT2D eigenvalue weighted by Crippen LogP contribution is 2.42. The summed E-state index contributed by atoms with van der Waals surface area (Å²) in [5.41, 5.74) is 7.07. The van der Waals surface area contributed by atoms with E-state index in [2.05, 4.69) is 27.0 Å². The summed E-state index contributed by atoms with van der Waals surface area (Å²) in [6.07, 6.45) is 7.44. The van der Waals surface area contributed by atoms with Crippen LogP contribution in [0.1, 0.15) is 65.0 Å². The third-order valence-corrected chi connectivity index (χ3v) is 7.94. The minimum absolute atomic E-state index is 0.110. The van der Waals surface area contributed by atoms with Gasteiger partial charge < -0.3 is 24.5 Å². The second-order valence-corrected chi connectivity index (χ2v) is 11.9. The van der Waals surface area contributed by atoms with Crippen molar-refractivity contribution in [2.75, 3.05) is 32.2 Å². The molecule has 5 atom stereocenters. The fourth-order valence-electron chi connectivity index (χ4n) is 4.60. The van der Waals surface area contributed by atoms with Crippen LogP contribution in [0.15, 0.2) is 6.33 Å². The molecule has 4 heterocycles. The van der Waals surface area contributed by atoms with Crippen LogP contribution in [-0.4, -0.2) is 64.1 Å². The van der Waals surface area contributed by atoms with E-state index in [0.29, 0.717) is 36.7 Å². The molecular weight excluding hydrogens is 487 g/mol. The van der Waals surface area contributed by atoms with Gasteiger partial charge in [-0.25, -0.2) is 10.1 Å². The lowest BCUT2D eigenvalue weighted by Gasteiger charge is -2.21. The largest absolute Gasteiger partial charge is 0.476 e. The molecule has 0 radical (unpaired) electrons. The first-order chi connectivity index (χ1) is 17.2. The molecule has 4 rings (SSSR count). The molecule has 13 heteroatoms. The summed E-state index contributed by atoms with van der Waals surface area (Å²) in [6.45, 7) is 6.11. The van der Waals surface area contributed by atoms with Crippen molar-refractivity contribution in [1.82, 2.24) is 24.6 Å². The predicted octanol–water partition coefficient (Wildman–Crippen LogP) is 3.43. The van der Waals surface area contributed by atoms with Crippen molar-refractivity contribution >= 4 is 30.6 Å². The Hall–Kier alpha value is -2.27. The first-order valence-corrected chi connectivity index (χ1v) is 14.8. The second kappa shape index (κ2) is 11.9. The zero-order valence-electron chi connectivity index (χ0n) is 21.2. The molecule has 0 aliphatic carbocycles. The molecule has 0 aromatic carbocycles. The molecule has 3 unspecified atom stereocenters. The Labute approximate surface area is 211 Å². The Morgan fingerprint density at radius 1 is 1.08 bits per heavy atom. The third kappa shape index (κ3) is 6.73. The minimum Gasteiger partial charge on any atom is -0.476 e. The molecule has 0 saturated carbocycles. The van der Waals surface area contributed by atoms with Gasteiger partial charge in [0.2, 0.25) is 11.8 Å². The zero-order valence-corrected chi connectivity index (χ0v) is 22.1. The molecule has 2 aromatic heterocycles. The molecule has 2 aromatic rings. The zero-order chi connectivity index (χ0) is 25.7. The number of nitrogen functional groups attached to an aromatic ring is 1. The highest BCUT2D eigenvalue weighted by Gasteiger charge is 2.36. The number of hydrogen-bond acceptors (Lipinski definition) is 10. The van der Waals surface area contributed by atoms with E-state index in [0.717, 1.165) is 38.5 Å². The number of cyclic esters (lactones) is 1. The number of anilines is 1. The van der Waals surface area contributed by atoms with Crippen molar-refractivity contribution in [2.45, 2.75) is 77.2 Å². The average Bonchev–Trinajstić information content (AvgIpc) is 3.40. The molecule has 2 aliphatic rings. The van der Waals surface area contributed by atoms with E-state index in [1.165, 1.54) is 6.66 Å². The normalized spacial score (nSPS) is 31.7. The number of fused-ring (bicyclic) bond motifs is 3. The maximum atomic E-state index is 13.0. The van der Waals surface area contributed by atoms with Gasteiger partial charge >= 0.3 is 5.97 Å². The van der Waals surface area contributed by atoms with E-state index in [9.17, 15) is 9.36 Å². The predicted molar refractivity (Wildman–Crippen MR) is 134 cm³/mol. The van der Waals surface area contributed by atoms with Gasteiger partial charge in [0.15, 0.2) is 11.2 Å². The molecule has 36 heavy (non-hydrogen) atoms. The molecule has 6 bridgehead atoms. The first-order valence-electron chi connectivity index (χ1n) is 12.7.